The molecule has 0 radical (unpaired) electrons. The topological polar surface area (TPSA) is 56.3 Å². The number of carbonyl (C=O) groups is 2. The van der Waals surface area contributed by atoms with Crippen molar-refractivity contribution >= 4 is 23.7 Å². The van der Waals surface area contributed by atoms with E-state index in [-0.39, 0.29) is 5.97 Å². The SMILES string of the molecule is CCCCCCCC/C=C\CCCCCC[C@H]1C(=O)OC(=O)[C@]1(C)Sc1ccccn1. The van der Waals surface area contributed by atoms with Crippen molar-refractivity contribution < 1.29 is 14.3 Å². The number of rotatable bonds is 16. The van der Waals surface area contributed by atoms with Gasteiger partial charge in [-0.15, -0.1) is 0 Å². The molecule has 0 aromatic carbocycles. The maximum Gasteiger partial charge on any atom is 0.330 e. The summed E-state index contributed by atoms with van der Waals surface area (Å²) in [4.78, 5) is 28.9. The number of ether oxygens (including phenoxy) is 1. The van der Waals surface area contributed by atoms with Crippen molar-refractivity contribution in [1.29, 1.82) is 0 Å². The normalized spacial score (nSPS) is 21.2. The summed E-state index contributed by atoms with van der Waals surface area (Å²) in [5, 5.41) is 0.745. The molecule has 172 valence electrons. The van der Waals surface area contributed by atoms with Crippen LogP contribution in [-0.4, -0.2) is 21.7 Å². The Hall–Kier alpha value is -1.62. The van der Waals surface area contributed by atoms with Gasteiger partial charge >= 0.3 is 11.9 Å². The van der Waals surface area contributed by atoms with Crippen molar-refractivity contribution in [3.05, 3.63) is 36.5 Å². The van der Waals surface area contributed by atoms with Gasteiger partial charge in [-0.3, -0.25) is 9.59 Å². The lowest BCUT2D eigenvalue weighted by Gasteiger charge is -2.24. The van der Waals surface area contributed by atoms with Crippen LogP contribution in [0.25, 0.3) is 0 Å². The van der Waals surface area contributed by atoms with E-state index in [1.165, 1.54) is 63.1 Å². The van der Waals surface area contributed by atoms with E-state index in [9.17, 15) is 9.59 Å². The molecule has 2 rings (SSSR count). The van der Waals surface area contributed by atoms with Gasteiger partial charge in [0.05, 0.1) is 10.9 Å². The molecule has 0 amide bonds. The van der Waals surface area contributed by atoms with E-state index in [1.54, 1.807) is 6.20 Å². The van der Waals surface area contributed by atoms with E-state index in [1.807, 2.05) is 25.1 Å². The molecule has 5 heteroatoms. The van der Waals surface area contributed by atoms with Crippen LogP contribution in [0.3, 0.4) is 0 Å². The van der Waals surface area contributed by atoms with Gasteiger partial charge in [0.15, 0.2) is 0 Å². The summed E-state index contributed by atoms with van der Waals surface area (Å²) in [6, 6.07) is 5.59. The molecule has 0 bridgehead atoms. The quantitative estimate of drug-likeness (QED) is 0.116. The molecule has 0 spiro atoms. The Balaban J connectivity index is 1.60. The number of hydrogen-bond acceptors (Lipinski definition) is 5. The summed E-state index contributed by atoms with van der Waals surface area (Å²) in [6.45, 7) is 4.07. The molecule has 1 aliphatic heterocycles. The number of esters is 2. The number of pyridine rings is 1. The number of hydrogen-bond donors (Lipinski definition) is 0. The lowest BCUT2D eigenvalue weighted by molar-refractivity contribution is -0.153. The van der Waals surface area contributed by atoms with Crippen LogP contribution in [0, 0.1) is 5.92 Å². The van der Waals surface area contributed by atoms with E-state index in [0.29, 0.717) is 6.42 Å². The highest BCUT2D eigenvalue weighted by Gasteiger charge is 2.55. The largest absolute Gasteiger partial charge is 0.392 e. The second-order valence-electron chi connectivity index (χ2n) is 8.66. The molecule has 0 aliphatic carbocycles. The maximum atomic E-state index is 12.4. The van der Waals surface area contributed by atoms with Gasteiger partial charge in [0.2, 0.25) is 0 Å². The summed E-state index contributed by atoms with van der Waals surface area (Å²) in [7, 11) is 0. The molecule has 31 heavy (non-hydrogen) atoms. The zero-order chi connectivity index (χ0) is 22.4. The van der Waals surface area contributed by atoms with Gasteiger partial charge in [0.1, 0.15) is 4.75 Å². The molecule has 1 aromatic rings. The second kappa shape index (κ2) is 14.4. The Morgan fingerprint density at radius 1 is 0.968 bits per heavy atom. The van der Waals surface area contributed by atoms with Crippen LogP contribution >= 0.6 is 11.8 Å². The number of aromatic nitrogens is 1. The van der Waals surface area contributed by atoms with Crippen molar-refractivity contribution in [2.45, 2.75) is 107 Å². The summed E-state index contributed by atoms with van der Waals surface area (Å²) in [5.74, 6) is -1.22. The molecular weight excluding hydrogens is 406 g/mol. The van der Waals surface area contributed by atoms with E-state index >= 15 is 0 Å². The first-order valence-corrected chi connectivity index (χ1v) is 12.9. The molecular formula is C26H39NO3S. The van der Waals surface area contributed by atoms with Crippen molar-refractivity contribution in [3.8, 4) is 0 Å². The fourth-order valence-electron chi connectivity index (χ4n) is 4.00. The zero-order valence-electron chi connectivity index (χ0n) is 19.3. The van der Waals surface area contributed by atoms with E-state index < -0.39 is 16.6 Å². The van der Waals surface area contributed by atoms with Crippen LogP contribution < -0.4 is 0 Å². The minimum Gasteiger partial charge on any atom is -0.392 e. The molecule has 1 aromatic heterocycles. The Labute approximate surface area is 192 Å². The van der Waals surface area contributed by atoms with Gasteiger partial charge in [-0.05, 0) is 51.2 Å². The minimum absolute atomic E-state index is 0.381. The van der Waals surface area contributed by atoms with Crippen LogP contribution in [0.5, 0.6) is 0 Å². The van der Waals surface area contributed by atoms with Crippen molar-refractivity contribution in [2.24, 2.45) is 5.92 Å². The summed E-state index contributed by atoms with van der Waals surface area (Å²) >= 11 is 1.34. The van der Waals surface area contributed by atoms with E-state index in [2.05, 4.69) is 24.1 Å². The van der Waals surface area contributed by atoms with Crippen LogP contribution in [0.2, 0.25) is 0 Å². The first kappa shape index (κ1) is 25.6. The molecule has 4 nitrogen and oxygen atoms in total. The molecule has 0 N–H and O–H groups in total. The van der Waals surface area contributed by atoms with Gasteiger partial charge in [0, 0.05) is 6.20 Å². The number of unbranched alkanes of at least 4 members (excludes halogenated alkanes) is 10. The number of cyclic esters (lactones) is 2. The van der Waals surface area contributed by atoms with Gasteiger partial charge in [-0.25, -0.2) is 4.98 Å². The molecule has 0 saturated carbocycles. The average molecular weight is 446 g/mol. The summed E-state index contributed by atoms with van der Waals surface area (Å²) in [5.41, 5.74) is 0. The third-order valence-electron chi connectivity index (χ3n) is 6.01. The minimum atomic E-state index is -0.884. The highest BCUT2D eigenvalue weighted by atomic mass is 32.2. The van der Waals surface area contributed by atoms with E-state index in [4.69, 9.17) is 4.74 Å². The van der Waals surface area contributed by atoms with E-state index in [0.717, 1.165) is 30.7 Å². The smallest absolute Gasteiger partial charge is 0.330 e. The lowest BCUT2D eigenvalue weighted by Crippen LogP contribution is -2.34. The third kappa shape index (κ3) is 8.80. The fraction of sp³-hybridized carbons (Fsp3) is 0.654. The second-order valence-corrected chi connectivity index (χ2v) is 10.1. The van der Waals surface area contributed by atoms with Crippen LogP contribution in [0.4, 0.5) is 0 Å². The van der Waals surface area contributed by atoms with Gasteiger partial charge < -0.3 is 4.74 Å². The van der Waals surface area contributed by atoms with Gasteiger partial charge in [-0.1, -0.05) is 88.3 Å². The first-order chi connectivity index (χ1) is 15.1. The first-order valence-electron chi connectivity index (χ1n) is 12.1. The third-order valence-corrected chi connectivity index (χ3v) is 7.33. The molecule has 1 saturated heterocycles. The highest BCUT2D eigenvalue weighted by molar-refractivity contribution is 8.01. The predicted molar refractivity (Wildman–Crippen MR) is 128 cm³/mol. The van der Waals surface area contributed by atoms with Gasteiger partial charge in [-0.2, -0.15) is 0 Å². The monoisotopic (exact) mass is 445 g/mol. The zero-order valence-corrected chi connectivity index (χ0v) is 20.1. The molecule has 1 aliphatic rings. The van der Waals surface area contributed by atoms with Crippen molar-refractivity contribution in [1.82, 2.24) is 4.98 Å². The summed E-state index contributed by atoms with van der Waals surface area (Å²) in [6.07, 6.45) is 21.8. The standard InChI is InChI=1S/C26H39NO3S/c1-3-4-5-6-7-8-9-10-11-12-13-14-15-16-19-22-24(28)30-25(29)26(22,2)31-23-20-17-18-21-27-23/h10-11,17-18,20-22H,3-9,12-16,19H2,1-2H3/b11-10-/t22-,26+/m0/s1. The van der Waals surface area contributed by atoms with Crippen LogP contribution in [0.1, 0.15) is 97.3 Å². The number of nitrogens with zero attached hydrogens (tertiary/aromatic N) is 1. The summed E-state index contributed by atoms with van der Waals surface area (Å²) < 4.78 is 4.11. The predicted octanol–water partition coefficient (Wildman–Crippen LogP) is 7.28. The molecule has 1 fully saturated rings. The van der Waals surface area contributed by atoms with Crippen LogP contribution in [-0.2, 0) is 14.3 Å². The maximum absolute atomic E-state index is 12.4. The Bertz CT molecular complexity index is 691. The number of thioether (sulfide) groups is 1. The number of allylic oxidation sites excluding steroid dienone is 2. The van der Waals surface area contributed by atoms with Gasteiger partial charge in [0.25, 0.3) is 0 Å². The Morgan fingerprint density at radius 2 is 1.61 bits per heavy atom. The Kier molecular flexibility index (Phi) is 11.9. The van der Waals surface area contributed by atoms with Crippen molar-refractivity contribution in [3.63, 3.8) is 0 Å². The van der Waals surface area contributed by atoms with Crippen LogP contribution in [0.15, 0.2) is 41.6 Å². The Morgan fingerprint density at radius 3 is 2.26 bits per heavy atom. The highest BCUT2D eigenvalue weighted by Crippen LogP contribution is 2.45. The molecule has 0 unspecified atom stereocenters. The fourth-order valence-corrected chi connectivity index (χ4v) is 5.18. The molecule has 2 heterocycles. The van der Waals surface area contributed by atoms with Crippen molar-refractivity contribution in [2.75, 3.05) is 0 Å². The lowest BCUT2D eigenvalue weighted by atomic mass is 9.90. The number of carbonyl (C=O) groups excluding carboxylic acids is 2. The molecule has 2 atom stereocenters. The average Bonchev–Trinajstić information content (AvgIpc) is 2.97.